The third-order valence-electron chi connectivity index (χ3n) is 3.47. The molecule has 2 aromatic carbocycles. The van der Waals surface area contributed by atoms with Crippen LogP contribution in [0.1, 0.15) is 12.8 Å². The summed E-state index contributed by atoms with van der Waals surface area (Å²) in [6, 6.07) is 15.7. The van der Waals surface area contributed by atoms with Crippen molar-refractivity contribution < 1.29 is 4.74 Å². The molecule has 108 valence electrons. The van der Waals surface area contributed by atoms with E-state index < -0.39 is 0 Å². The number of unbranched alkanes of at least 4 members (excludes halogenated alkanes) is 1. The lowest BCUT2D eigenvalue weighted by atomic mass is 10.3. The Labute approximate surface area is 124 Å². The molecular weight excluding hydrogens is 262 g/mol. The summed E-state index contributed by atoms with van der Waals surface area (Å²) in [4.78, 5) is 4.39. The van der Waals surface area contributed by atoms with Crippen LogP contribution in [0.25, 0.3) is 11.0 Å². The summed E-state index contributed by atoms with van der Waals surface area (Å²) < 4.78 is 7.88. The van der Waals surface area contributed by atoms with E-state index in [4.69, 9.17) is 10.5 Å². The number of hydrogen-bond donors (Lipinski definition) is 1. The molecule has 0 unspecified atom stereocenters. The van der Waals surface area contributed by atoms with Gasteiger partial charge in [-0.15, -0.1) is 0 Å². The second-order valence-corrected chi connectivity index (χ2v) is 5.05. The molecule has 0 fully saturated rings. The summed E-state index contributed by atoms with van der Waals surface area (Å²) in [5.74, 6) is 0.872. The molecule has 0 aliphatic rings. The van der Waals surface area contributed by atoms with Crippen LogP contribution < -0.4 is 10.5 Å². The van der Waals surface area contributed by atoms with E-state index in [-0.39, 0.29) is 0 Å². The van der Waals surface area contributed by atoms with Crippen LogP contribution in [0.15, 0.2) is 54.9 Å². The standard InChI is InChI=1S/C17H19N3O/c18-14-7-9-15(10-8-14)21-12-4-3-11-20-13-19-16-5-1-2-6-17(16)20/h1-2,5-10,13H,3-4,11-12,18H2. The molecule has 0 radical (unpaired) electrons. The van der Waals surface area contributed by atoms with Crippen molar-refractivity contribution in [1.29, 1.82) is 0 Å². The van der Waals surface area contributed by atoms with Crippen LogP contribution in [0.5, 0.6) is 5.75 Å². The molecule has 0 amide bonds. The van der Waals surface area contributed by atoms with Gasteiger partial charge in [0.25, 0.3) is 0 Å². The van der Waals surface area contributed by atoms with E-state index in [2.05, 4.69) is 15.6 Å². The van der Waals surface area contributed by atoms with Gasteiger partial charge in [-0.25, -0.2) is 4.98 Å². The van der Waals surface area contributed by atoms with Crippen molar-refractivity contribution in [3.8, 4) is 5.75 Å². The Morgan fingerprint density at radius 1 is 1.00 bits per heavy atom. The zero-order valence-corrected chi connectivity index (χ0v) is 11.9. The molecule has 0 saturated heterocycles. The predicted molar refractivity (Wildman–Crippen MR) is 85.3 cm³/mol. The Balaban J connectivity index is 1.45. The molecule has 0 aliphatic carbocycles. The average molecular weight is 281 g/mol. The lowest BCUT2D eigenvalue weighted by Crippen LogP contribution is -2.01. The Bertz CT molecular complexity index is 703. The summed E-state index contributed by atoms with van der Waals surface area (Å²) in [6.07, 6.45) is 3.98. The number of hydrogen-bond acceptors (Lipinski definition) is 3. The van der Waals surface area contributed by atoms with Crippen molar-refractivity contribution in [3.63, 3.8) is 0 Å². The predicted octanol–water partition coefficient (Wildman–Crippen LogP) is 3.48. The summed E-state index contributed by atoms with van der Waals surface area (Å²) >= 11 is 0. The molecule has 21 heavy (non-hydrogen) atoms. The quantitative estimate of drug-likeness (QED) is 0.556. The number of para-hydroxylation sites is 2. The van der Waals surface area contributed by atoms with Crippen LogP contribution in [-0.4, -0.2) is 16.2 Å². The molecule has 1 heterocycles. The third kappa shape index (κ3) is 3.34. The molecule has 2 N–H and O–H groups in total. The number of anilines is 1. The van der Waals surface area contributed by atoms with Crippen LogP contribution in [0.3, 0.4) is 0 Å². The van der Waals surface area contributed by atoms with Crippen molar-refractivity contribution in [1.82, 2.24) is 9.55 Å². The van der Waals surface area contributed by atoms with Crippen LogP contribution in [0.2, 0.25) is 0 Å². The Morgan fingerprint density at radius 2 is 1.81 bits per heavy atom. The number of fused-ring (bicyclic) bond motifs is 1. The van der Waals surface area contributed by atoms with Crippen molar-refractivity contribution in [2.45, 2.75) is 19.4 Å². The number of nitrogens with two attached hydrogens (primary N) is 1. The Morgan fingerprint density at radius 3 is 2.67 bits per heavy atom. The van der Waals surface area contributed by atoms with Crippen LogP contribution in [0, 0.1) is 0 Å². The van der Waals surface area contributed by atoms with Gasteiger partial charge >= 0.3 is 0 Å². The summed E-state index contributed by atoms with van der Waals surface area (Å²) in [6.45, 7) is 1.68. The van der Waals surface area contributed by atoms with Crippen LogP contribution in [-0.2, 0) is 6.54 Å². The largest absolute Gasteiger partial charge is 0.494 e. The van der Waals surface area contributed by atoms with E-state index in [1.54, 1.807) is 0 Å². The topological polar surface area (TPSA) is 53.1 Å². The fourth-order valence-electron chi connectivity index (χ4n) is 2.33. The van der Waals surface area contributed by atoms with Crippen molar-refractivity contribution in [2.24, 2.45) is 0 Å². The normalized spacial score (nSPS) is 10.9. The van der Waals surface area contributed by atoms with Crippen LogP contribution >= 0.6 is 0 Å². The number of nitrogens with zero attached hydrogens (tertiary/aromatic N) is 2. The smallest absolute Gasteiger partial charge is 0.119 e. The fraction of sp³-hybridized carbons (Fsp3) is 0.235. The molecule has 3 rings (SSSR count). The monoisotopic (exact) mass is 281 g/mol. The first-order valence-corrected chi connectivity index (χ1v) is 7.21. The van der Waals surface area contributed by atoms with Crippen LogP contribution in [0.4, 0.5) is 5.69 Å². The van der Waals surface area contributed by atoms with E-state index in [0.29, 0.717) is 0 Å². The van der Waals surface area contributed by atoms with E-state index in [1.165, 1.54) is 5.52 Å². The number of ether oxygens (including phenoxy) is 1. The number of rotatable bonds is 6. The van der Waals surface area contributed by atoms with Gasteiger partial charge in [-0.2, -0.15) is 0 Å². The first kappa shape index (κ1) is 13.5. The van der Waals surface area contributed by atoms with Gasteiger partial charge in [0, 0.05) is 12.2 Å². The Hall–Kier alpha value is -2.49. The van der Waals surface area contributed by atoms with Gasteiger partial charge in [0.2, 0.25) is 0 Å². The van der Waals surface area contributed by atoms with Gasteiger partial charge in [0.05, 0.1) is 24.0 Å². The van der Waals surface area contributed by atoms with Gasteiger partial charge < -0.3 is 15.0 Å². The molecular formula is C17H19N3O. The maximum absolute atomic E-state index is 5.69. The lowest BCUT2D eigenvalue weighted by molar-refractivity contribution is 0.303. The highest BCUT2D eigenvalue weighted by molar-refractivity contribution is 5.74. The van der Waals surface area contributed by atoms with Gasteiger partial charge in [-0.1, -0.05) is 12.1 Å². The highest BCUT2D eigenvalue weighted by Crippen LogP contribution is 2.15. The summed E-state index contributed by atoms with van der Waals surface area (Å²) in [5.41, 5.74) is 8.64. The third-order valence-corrected chi connectivity index (χ3v) is 3.47. The minimum Gasteiger partial charge on any atom is -0.494 e. The van der Waals surface area contributed by atoms with E-state index in [1.807, 2.05) is 48.8 Å². The van der Waals surface area contributed by atoms with Crippen molar-refractivity contribution in [3.05, 3.63) is 54.9 Å². The molecule has 0 bridgehead atoms. The molecule has 0 spiro atoms. The van der Waals surface area contributed by atoms with E-state index >= 15 is 0 Å². The van der Waals surface area contributed by atoms with Crippen molar-refractivity contribution >= 4 is 16.7 Å². The van der Waals surface area contributed by atoms with Gasteiger partial charge in [0.1, 0.15) is 5.75 Å². The number of aromatic nitrogens is 2. The van der Waals surface area contributed by atoms with Gasteiger partial charge in [-0.05, 0) is 49.2 Å². The summed E-state index contributed by atoms with van der Waals surface area (Å²) in [7, 11) is 0. The minimum absolute atomic E-state index is 0.719. The van der Waals surface area contributed by atoms with E-state index in [9.17, 15) is 0 Å². The Kier molecular flexibility index (Phi) is 4.05. The zero-order chi connectivity index (χ0) is 14.5. The highest BCUT2D eigenvalue weighted by Gasteiger charge is 2.01. The number of aryl methyl sites for hydroxylation is 1. The minimum atomic E-state index is 0.719. The van der Waals surface area contributed by atoms with Gasteiger partial charge in [-0.3, -0.25) is 0 Å². The second kappa shape index (κ2) is 6.31. The van der Waals surface area contributed by atoms with Crippen molar-refractivity contribution in [2.75, 3.05) is 12.3 Å². The maximum atomic E-state index is 5.69. The van der Waals surface area contributed by atoms with Gasteiger partial charge in [0.15, 0.2) is 0 Å². The average Bonchev–Trinajstić information content (AvgIpc) is 2.92. The number of nitrogen functional groups attached to an aromatic ring is 1. The fourth-order valence-corrected chi connectivity index (χ4v) is 2.33. The molecule has 1 aromatic heterocycles. The molecule has 0 aliphatic heterocycles. The first-order chi connectivity index (χ1) is 10.3. The molecule has 0 atom stereocenters. The summed E-state index contributed by atoms with van der Waals surface area (Å²) in [5, 5.41) is 0. The molecule has 4 heteroatoms. The second-order valence-electron chi connectivity index (χ2n) is 5.05. The highest BCUT2D eigenvalue weighted by atomic mass is 16.5. The molecule has 0 saturated carbocycles. The first-order valence-electron chi connectivity index (χ1n) is 7.21. The zero-order valence-electron chi connectivity index (χ0n) is 11.9. The SMILES string of the molecule is Nc1ccc(OCCCCn2cnc3ccccc32)cc1. The van der Waals surface area contributed by atoms with E-state index in [0.717, 1.165) is 42.9 Å². The lowest BCUT2D eigenvalue weighted by Gasteiger charge is -2.07. The number of imidazole rings is 1. The molecule has 3 aromatic rings. The maximum Gasteiger partial charge on any atom is 0.119 e. The number of benzene rings is 2. The molecule has 4 nitrogen and oxygen atoms in total.